The van der Waals surface area contributed by atoms with E-state index in [1.807, 2.05) is 24.3 Å². The average Bonchev–Trinajstić information content (AvgIpc) is 2.53. The second kappa shape index (κ2) is 7.46. The van der Waals surface area contributed by atoms with Gasteiger partial charge in [-0.15, -0.1) is 6.58 Å². The van der Waals surface area contributed by atoms with Crippen LogP contribution in [0.1, 0.15) is 5.56 Å². The molecule has 0 aliphatic carbocycles. The lowest BCUT2D eigenvalue weighted by atomic mass is 10.1. The zero-order valence-corrected chi connectivity index (χ0v) is 12.1. The molecule has 1 aliphatic heterocycles. The summed E-state index contributed by atoms with van der Waals surface area (Å²) < 4.78 is 0. The summed E-state index contributed by atoms with van der Waals surface area (Å²) in [6.45, 7) is 7.80. The van der Waals surface area contributed by atoms with E-state index in [0.29, 0.717) is 18.7 Å². The van der Waals surface area contributed by atoms with Gasteiger partial charge in [0.05, 0.1) is 17.8 Å². The Bertz CT molecular complexity index is 541. The van der Waals surface area contributed by atoms with Gasteiger partial charge < -0.3 is 10.2 Å². The predicted molar refractivity (Wildman–Crippen MR) is 83.0 cm³/mol. The van der Waals surface area contributed by atoms with Crippen LogP contribution in [0.2, 0.25) is 0 Å². The average molecular weight is 284 g/mol. The van der Waals surface area contributed by atoms with E-state index in [4.69, 9.17) is 5.26 Å². The standard InChI is InChI=1S/C16H20N4O/c1-2-7-18-16(21)13-19-8-10-20(11-9-19)15-6-4-3-5-14(15)12-17/h2-6H,1,7-11,13H2,(H,18,21). The number of nitrogens with one attached hydrogen (secondary N) is 1. The molecule has 1 saturated heterocycles. The van der Waals surface area contributed by atoms with Gasteiger partial charge in [-0.2, -0.15) is 5.26 Å². The Morgan fingerprint density at radius 1 is 1.33 bits per heavy atom. The van der Waals surface area contributed by atoms with E-state index in [1.165, 1.54) is 0 Å². The fourth-order valence-corrected chi connectivity index (χ4v) is 2.44. The first kappa shape index (κ1) is 15.1. The highest BCUT2D eigenvalue weighted by atomic mass is 16.2. The number of hydrogen-bond acceptors (Lipinski definition) is 4. The molecule has 0 spiro atoms. The molecule has 1 aromatic rings. The van der Waals surface area contributed by atoms with Crippen LogP contribution in [0.15, 0.2) is 36.9 Å². The normalized spacial score (nSPS) is 15.3. The summed E-state index contributed by atoms with van der Waals surface area (Å²) in [6, 6.07) is 9.87. The molecular weight excluding hydrogens is 264 g/mol. The van der Waals surface area contributed by atoms with Crippen LogP contribution in [0.5, 0.6) is 0 Å². The number of amides is 1. The first-order valence-corrected chi connectivity index (χ1v) is 7.08. The van der Waals surface area contributed by atoms with Gasteiger partial charge in [0.25, 0.3) is 0 Å². The van der Waals surface area contributed by atoms with Crippen LogP contribution >= 0.6 is 0 Å². The lowest BCUT2D eigenvalue weighted by Gasteiger charge is -2.36. The topological polar surface area (TPSA) is 59.4 Å². The molecule has 0 atom stereocenters. The number of rotatable bonds is 5. The fraction of sp³-hybridized carbons (Fsp3) is 0.375. The van der Waals surface area contributed by atoms with Crippen molar-refractivity contribution >= 4 is 11.6 Å². The van der Waals surface area contributed by atoms with Gasteiger partial charge in [0, 0.05) is 32.7 Å². The molecule has 110 valence electrons. The Balaban J connectivity index is 1.87. The van der Waals surface area contributed by atoms with Crippen LogP contribution in [-0.2, 0) is 4.79 Å². The van der Waals surface area contributed by atoms with Crippen LogP contribution in [0.3, 0.4) is 0 Å². The molecule has 1 N–H and O–H groups in total. The van der Waals surface area contributed by atoms with Crippen molar-refractivity contribution in [1.82, 2.24) is 10.2 Å². The number of piperazine rings is 1. The molecule has 0 aromatic heterocycles. The Kier molecular flexibility index (Phi) is 5.35. The highest BCUT2D eigenvalue weighted by molar-refractivity contribution is 5.78. The van der Waals surface area contributed by atoms with Gasteiger partial charge in [-0.3, -0.25) is 9.69 Å². The zero-order valence-electron chi connectivity index (χ0n) is 12.1. The minimum atomic E-state index is 0.0285. The van der Waals surface area contributed by atoms with Gasteiger partial charge in [0.1, 0.15) is 6.07 Å². The predicted octanol–water partition coefficient (Wildman–Crippen LogP) is 0.982. The van der Waals surface area contributed by atoms with E-state index in [2.05, 4.69) is 27.8 Å². The summed E-state index contributed by atoms with van der Waals surface area (Å²) in [5.41, 5.74) is 1.69. The molecule has 0 radical (unpaired) electrons. The van der Waals surface area contributed by atoms with Crippen molar-refractivity contribution in [3.05, 3.63) is 42.5 Å². The summed E-state index contributed by atoms with van der Waals surface area (Å²) >= 11 is 0. The van der Waals surface area contributed by atoms with Crippen molar-refractivity contribution < 1.29 is 4.79 Å². The van der Waals surface area contributed by atoms with Crippen molar-refractivity contribution in [3.63, 3.8) is 0 Å². The SMILES string of the molecule is C=CCNC(=O)CN1CCN(c2ccccc2C#N)CC1. The molecule has 0 bridgehead atoms. The molecule has 21 heavy (non-hydrogen) atoms. The molecule has 1 amide bonds. The van der Waals surface area contributed by atoms with E-state index < -0.39 is 0 Å². The Morgan fingerprint density at radius 3 is 2.71 bits per heavy atom. The third-order valence-electron chi connectivity index (χ3n) is 3.55. The summed E-state index contributed by atoms with van der Waals surface area (Å²) in [5.74, 6) is 0.0285. The maximum absolute atomic E-state index is 11.7. The van der Waals surface area contributed by atoms with Gasteiger partial charge in [0.2, 0.25) is 5.91 Å². The quantitative estimate of drug-likeness (QED) is 0.819. The van der Waals surface area contributed by atoms with Crippen LogP contribution in [0.25, 0.3) is 0 Å². The molecule has 0 unspecified atom stereocenters. The lowest BCUT2D eigenvalue weighted by Crippen LogP contribution is -2.49. The van der Waals surface area contributed by atoms with E-state index >= 15 is 0 Å². The molecule has 1 aromatic carbocycles. The molecule has 1 heterocycles. The van der Waals surface area contributed by atoms with Crippen molar-refractivity contribution in [2.45, 2.75) is 0 Å². The van der Waals surface area contributed by atoms with Gasteiger partial charge in [-0.05, 0) is 12.1 Å². The third-order valence-corrected chi connectivity index (χ3v) is 3.55. The summed E-state index contributed by atoms with van der Waals surface area (Å²) in [6.07, 6.45) is 1.68. The lowest BCUT2D eigenvalue weighted by molar-refractivity contribution is -0.122. The fourth-order valence-electron chi connectivity index (χ4n) is 2.44. The number of carbonyl (C=O) groups excluding carboxylic acids is 1. The van der Waals surface area contributed by atoms with Crippen molar-refractivity contribution in [1.29, 1.82) is 5.26 Å². The van der Waals surface area contributed by atoms with Crippen molar-refractivity contribution in [2.75, 3.05) is 44.2 Å². The van der Waals surface area contributed by atoms with Crippen LogP contribution in [0.4, 0.5) is 5.69 Å². The maximum Gasteiger partial charge on any atom is 0.234 e. The molecular formula is C16H20N4O. The van der Waals surface area contributed by atoms with Crippen LogP contribution in [-0.4, -0.2) is 50.1 Å². The number of carbonyl (C=O) groups is 1. The van der Waals surface area contributed by atoms with Gasteiger partial charge in [0.15, 0.2) is 0 Å². The second-order valence-corrected chi connectivity index (χ2v) is 4.98. The summed E-state index contributed by atoms with van der Waals surface area (Å²) in [7, 11) is 0. The number of nitrogens with zero attached hydrogens (tertiary/aromatic N) is 3. The second-order valence-electron chi connectivity index (χ2n) is 4.98. The Labute approximate surface area is 125 Å². The van der Waals surface area contributed by atoms with Gasteiger partial charge in [-0.1, -0.05) is 18.2 Å². The zero-order chi connectivity index (χ0) is 15.1. The summed E-state index contributed by atoms with van der Waals surface area (Å²) in [4.78, 5) is 16.0. The molecule has 2 rings (SSSR count). The smallest absolute Gasteiger partial charge is 0.234 e. The van der Waals surface area contributed by atoms with E-state index in [-0.39, 0.29) is 5.91 Å². The van der Waals surface area contributed by atoms with Crippen molar-refractivity contribution in [3.8, 4) is 6.07 Å². The number of para-hydroxylation sites is 1. The minimum Gasteiger partial charge on any atom is -0.368 e. The maximum atomic E-state index is 11.7. The number of anilines is 1. The first-order valence-electron chi connectivity index (χ1n) is 7.08. The molecule has 1 aliphatic rings. The monoisotopic (exact) mass is 284 g/mol. The molecule has 0 saturated carbocycles. The van der Waals surface area contributed by atoms with E-state index in [1.54, 1.807) is 6.08 Å². The molecule has 1 fully saturated rings. The highest BCUT2D eigenvalue weighted by Gasteiger charge is 2.20. The Hall–Kier alpha value is -2.32. The molecule has 5 heteroatoms. The van der Waals surface area contributed by atoms with Gasteiger partial charge in [-0.25, -0.2) is 0 Å². The van der Waals surface area contributed by atoms with Gasteiger partial charge >= 0.3 is 0 Å². The van der Waals surface area contributed by atoms with Crippen LogP contribution in [0, 0.1) is 11.3 Å². The summed E-state index contributed by atoms with van der Waals surface area (Å²) in [5, 5.41) is 11.9. The van der Waals surface area contributed by atoms with E-state index in [0.717, 1.165) is 31.9 Å². The minimum absolute atomic E-state index is 0.0285. The number of nitriles is 1. The number of hydrogen-bond donors (Lipinski definition) is 1. The van der Waals surface area contributed by atoms with Crippen LogP contribution < -0.4 is 10.2 Å². The van der Waals surface area contributed by atoms with E-state index in [9.17, 15) is 4.79 Å². The first-order chi connectivity index (χ1) is 10.2. The third kappa shape index (κ3) is 4.07. The molecule has 5 nitrogen and oxygen atoms in total. The number of benzene rings is 1. The Morgan fingerprint density at radius 2 is 2.05 bits per heavy atom. The largest absolute Gasteiger partial charge is 0.368 e. The van der Waals surface area contributed by atoms with Crippen molar-refractivity contribution in [2.24, 2.45) is 0 Å². The highest BCUT2D eigenvalue weighted by Crippen LogP contribution is 2.20.